The summed E-state index contributed by atoms with van der Waals surface area (Å²) in [7, 11) is -3.53. The molecular weight excluding hydrogens is 364 g/mol. The first-order valence-electron chi connectivity index (χ1n) is 7.74. The van der Waals surface area contributed by atoms with Crippen molar-refractivity contribution in [3.63, 3.8) is 0 Å². The Bertz CT molecular complexity index is 831. The second kappa shape index (κ2) is 7.55. The molecule has 0 aliphatic carbocycles. The number of nitrogens with zero attached hydrogens (tertiary/aromatic N) is 2. The molecule has 0 unspecified atom stereocenters. The summed E-state index contributed by atoms with van der Waals surface area (Å²) < 4.78 is 24.9. The molecule has 136 valence electrons. The van der Waals surface area contributed by atoms with E-state index in [0.29, 0.717) is 18.8 Å². The van der Waals surface area contributed by atoms with E-state index in [-0.39, 0.29) is 25.2 Å². The number of carbonyl (C=O) groups excluding carboxylic acids is 1. The highest BCUT2D eigenvalue weighted by Gasteiger charge is 2.48. The van der Waals surface area contributed by atoms with Crippen LogP contribution >= 0.6 is 12.4 Å². The van der Waals surface area contributed by atoms with Gasteiger partial charge in [0.15, 0.2) is 14.6 Å². The number of carbonyl (C=O) groups is 1. The number of nitrogens with one attached hydrogen (secondary N) is 2. The fourth-order valence-corrected chi connectivity index (χ4v) is 4.32. The Morgan fingerprint density at radius 3 is 2.60 bits per heavy atom. The molecule has 1 aliphatic rings. The molecule has 2 N–H and O–H groups in total. The first kappa shape index (κ1) is 19.4. The highest BCUT2D eigenvalue weighted by molar-refractivity contribution is 7.92. The number of hydrogen-bond donors (Lipinski definition) is 2. The van der Waals surface area contributed by atoms with Crippen LogP contribution in [-0.4, -0.2) is 48.2 Å². The highest BCUT2D eigenvalue weighted by atomic mass is 35.5. The molecule has 1 aromatic carbocycles. The zero-order chi connectivity index (χ0) is 17.2. The van der Waals surface area contributed by atoms with E-state index < -0.39 is 20.5 Å². The number of amides is 1. The van der Waals surface area contributed by atoms with Gasteiger partial charge in [0.2, 0.25) is 5.91 Å². The van der Waals surface area contributed by atoms with Gasteiger partial charge in [-0.3, -0.25) is 4.79 Å². The van der Waals surface area contributed by atoms with E-state index in [1.54, 1.807) is 41.3 Å². The lowest BCUT2D eigenvalue weighted by Gasteiger charge is -2.34. The quantitative estimate of drug-likeness (QED) is 0.831. The van der Waals surface area contributed by atoms with E-state index in [1.165, 1.54) is 0 Å². The van der Waals surface area contributed by atoms with Crippen LogP contribution in [0, 0.1) is 0 Å². The van der Waals surface area contributed by atoms with Gasteiger partial charge in [-0.2, -0.15) is 5.10 Å². The number of piperidine rings is 1. The number of rotatable bonds is 4. The first-order chi connectivity index (χ1) is 11.4. The third kappa shape index (κ3) is 3.86. The molecule has 1 fully saturated rings. The summed E-state index contributed by atoms with van der Waals surface area (Å²) in [6, 6.07) is 8.96. The van der Waals surface area contributed by atoms with Crippen LogP contribution in [0.5, 0.6) is 0 Å². The number of aromatic nitrogens is 2. The van der Waals surface area contributed by atoms with Crippen LogP contribution in [0.3, 0.4) is 0 Å². The predicted molar refractivity (Wildman–Crippen MR) is 99.1 cm³/mol. The molecule has 0 bridgehead atoms. The van der Waals surface area contributed by atoms with Gasteiger partial charge in [0.1, 0.15) is 0 Å². The SMILES string of the molecule is CS(=O)(=O)C1(C(=O)Nc2cccc(-n3cccn3)c2)CCNCC1.Cl. The predicted octanol–water partition coefficient (Wildman–Crippen LogP) is 1.40. The largest absolute Gasteiger partial charge is 0.325 e. The van der Waals surface area contributed by atoms with Crippen molar-refractivity contribution in [1.82, 2.24) is 15.1 Å². The van der Waals surface area contributed by atoms with E-state index in [0.717, 1.165) is 11.9 Å². The van der Waals surface area contributed by atoms with Crippen molar-refractivity contribution in [3.05, 3.63) is 42.7 Å². The van der Waals surface area contributed by atoms with Crippen molar-refractivity contribution in [2.75, 3.05) is 24.7 Å². The standard InChI is InChI=1S/C16H20N4O3S.ClH/c1-24(22,23)16(6-9-17-10-7-16)15(21)19-13-4-2-5-14(12-13)20-11-3-8-18-20;/h2-5,8,11-12,17H,6-7,9-10H2,1H3,(H,19,21);1H. The van der Waals surface area contributed by atoms with Gasteiger partial charge < -0.3 is 10.6 Å². The minimum Gasteiger partial charge on any atom is -0.325 e. The molecule has 1 saturated heterocycles. The van der Waals surface area contributed by atoms with Crippen molar-refractivity contribution in [2.45, 2.75) is 17.6 Å². The molecular formula is C16H21ClN4O3S. The van der Waals surface area contributed by atoms with Gasteiger partial charge in [0.05, 0.1) is 5.69 Å². The Kier molecular flexibility index (Phi) is 5.87. The summed E-state index contributed by atoms with van der Waals surface area (Å²) in [5.74, 6) is -0.468. The minimum absolute atomic E-state index is 0. The lowest BCUT2D eigenvalue weighted by atomic mass is 9.95. The summed E-state index contributed by atoms with van der Waals surface area (Å²) in [5, 5.41) is 10.0. The second-order valence-corrected chi connectivity index (χ2v) is 8.30. The van der Waals surface area contributed by atoms with E-state index in [2.05, 4.69) is 15.7 Å². The topological polar surface area (TPSA) is 93.1 Å². The smallest absolute Gasteiger partial charge is 0.245 e. The normalized spacial score (nSPS) is 16.7. The summed E-state index contributed by atoms with van der Waals surface area (Å²) >= 11 is 0. The number of benzene rings is 1. The maximum Gasteiger partial charge on any atom is 0.245 e. The van der Waals surface area contributed by atoms with Crippen molar-refractivity contribution in [3.8, 4) is 5.69 Å². The third-order valence-electron chi connectivity index (χ3n) is 4.41. The monoisotopic (exact) mass is 384 g/mol. The Labute approximate surface area is 153 Å². The molecule has 0 spiro atoms. The lowest BCUT2D eigenvalue weighted by Crippen LogP contribution is -2.55. The van der Waals surface area contributed by atoms with Gasteiger partial charge in [0, 0.05) is 24.3 Å². The van der Waals surface area contributed by atoms with Gasteiger partial charge in [-0.05, 0) is 50.2 Å². The van der Waals surface area contributed by atoms with Gasteiger partial charge in [-0.1, -0.05) is 6.07 Å². The zero-order valence-corrected chi connectivity index (χ0v) is 15.4. The number of hydrogen-bond acceptors (Lipinski definition) is 5. The summed E-state index contributed by atoms with van der Waals surface area (Å²) in [6.45, 7) is 1.02. The van der Waals surface area contributed by atoms with Crippen molar-refractivity contribution >= 4 is 33.8 Å². The average Bonchev–Trinajstić information content (AvgIpc) is 3.09. The molecule has 0 radical (unpaired) electrons. The van der Waals surface area contributed by atoms with Gasteiger partial charge >= 0.3 is 0 Å². The van der Waals surface area contributed by atoms with Crippen LogP contribution in [0.25, 0.3) is 5.69 Å². The van der Waals surface area contributed by atoms with Crippen LogP contribution in [0.2, 0.25) is 0 Å². The molecule has 25 heavy (non-hydrogen) atoms. The fraction of sp³-hybridized carbons (Fsp3) is 0.375. The molecule has 0 saturated carbocycles. The molecule has 1 aromatic heterocycles. The highest BCUT2D eigenvalue weighted by Crippen LogP contribution is 2.29. The van der Waals surface area contributed by atoms with Crippen LogP contribution in [0.15, 0.2) is 42.7 Å². The maximum absolute atomic E-state index is 12.8. The summed E-state index contributed by atoms with van der Waals surface area (Å²) in [5.41, 5.74) is 1.34. The van der Waals surface area contributed by atoms with Crippen molar-refractivity contribution < 1.29 is 13.2 Å². The van der Waals surface area contributed by atoms with Crippen LogP contribution < -0.4 is 10.6 Å². The molecule has 3 rings (SSSR count). The number of sulfone groups is 1. The Hall–Kier alpha value is -1.90. The zero-order valence-electron chi connectivity index (χ0n) is 13.8. The van der Waals surface area contributed by atoms with Gasteiger partial charge in [0.25, 0.3) is 0 Å². The molecule has 7 nitrogen and oxygen atoms in total. The molecule has 1 amide bonds. The van der Waals surface area contributed by atoms with Crippen molar-refractivity contribution in [1.29, 1.82) is 0 Å². The van der Waals surface area contributed by atoms with E-state index in [4.69, 9.17) is 0 Å². The fourth-order valence-electron chi connectivity index (χ4n) is 2.99. The summed E-state index contributed by atoms with van der Waals surface area (Å²) in [4.78, 5) is 12.8. The molecule has 0 atom stereocenters. The minimum atomic E-state index is -3.53. The molecule has 1 aliphatic heterocycles. The molecule has 2 aromatic rings. The van der Waals surface area contributed by atoms with E-state index in [1.807, 2.05) is 6.07 Å². The maximum atomic E-state index is 12.8. The summed E-state index contributed by atoms with van der Waals surface area (Å²) in [6.07, 6.45) is 5.15. The van der Waals surface area contributed by atoms with E-state index >= 15 is 0 Å². The van der Waals surface area contributed by atoms with Gasteiger partial charge in [-0.25, -0.2) is 13.1 Å². The Morgan fingerprint density at radius 1 is 1.28 bits per heavy atom. The first-order valence-corrected chi connectivity index (χ1v) is 9.63. The second-order valence-electron chi connectivity index (χ2n) is 5.97. The van der Waals surface area contributed by atoms with Crippen LogP contribution in [-0.2, 0) is 14.6 Å². The van der Waals surface area contributed by atoms with Crippen LogP contribution in [0.1, 0.15) is 12.8 Å². The third-order valence-corrected chi connectivity index (χ3v) is 6.42. The molecule has 2 heterocycles. The van der Waals surface area contributed by atoms with Gasteiger partial charge in [-0.15, -0.1) is 12.4 Å². The number of halogens is 1. The van der Waals surface area contributed by atoms with Crippen molar-refractivity contribution in [2.24, 2.45) is 0 Å². The molecule has 9 heteroatoms. The Balaban J connectivity index is 0.00000225. The average molecular weight is 385 g/mol. The lowest BCUT2D eigenvalue weighted by molar-refractivity contribution is -0.119. The number of anilines is 1. The van der Waals surface area contributed by atoms with E-state index in [9.17, 15) is 13.2 Å². The van der Waals surface area contributed by atoms with Crippen LogP contribution in [0.4, 0.5) is 5.69 Å². The Morgan fingerprint density at radius 2 is 2.00 bits per heavy atom.